The molecule has 0 aliphatic rings. The van der Waals surface area contributed by atoms with Gasteiger partial charge in [0, 0.05) is 51.0 Å². The van der Waals surface area contributed by atoms with Crippen molar-refractivity contribution in [1.29, 1.82) is 0 Å². The monoisotopic (exact) mass is 297 g/mol. The molecule has 0 atom stereocenters. The molecule has 0 saturated heterocycles. The molecule has 2 aromatic rings. The first kappa shape index (κ1) is 14.8. The maximum Gasteiger partial charge on any atom is 0.242 e. The van der Waals surface area contributed by atoms with Crippen molar-refractivity contribution in [1.82, 2.24) is 18.8 Å². The van der Waals surface area contributed by atoms with Crippen LogP contribution in [-0.2, 0) is 30.2 Å². The molecule has 2 heterocycles. The molecule has 0 fully saturated rings. The first-order valence-electron chi connectivity index (χ1n) is 6.33. The van der Waals surface area contributed by atoms with E-state index in [2.05, 4.69) is 9.71 Å². The summed E-state index contributed by atoms with van der Waals surface area (Å²) >= 11 is 0. The number of hydrogen-bond acceptors (Lipinski definition) is 4. The molecule has 20 heavy (non-hydrogen) atoms. The van der Waals surface area contributed by atoms with Crippen molar-refractivity contribution in [3.63, 3.8) is 0 Å². The topological polar surface area (TPSA) is 94.9 Å². The minimum absolute atomic E-state index is 0.253. The molecule has 0 aliphatic heterocycles. The van der Waals surface area contributed by atoms with Crippen LogP contribution >= 0.6 is 0 Å². The molecular formula is C12H19N5O2S. The van der Waals surface area contributed by atoms with Crippen LogP contribution in [0.1, 0.15) is 12.1 Å². The van der Waals surface area contributed by atoms with Crippen molar-refractivity contribution >= 4 is 10.0 Å². The van der Waals surface area contributed by atoms with E-state index < -0.39 is 10.0 Å². The third kappa shape index (κ3) is 3.47. The summed E-state index contributed by atoms with van der Waals surface area (Å²) in [6, 6.07) is 1.60. The van der Waals surface area contributed by atoms with Crippen LogP contribution in [0.15, 0.2) is 35.9 Å². The molecule has 7 nitrogen and oxygen atoms in total. The van der Waals surface area contributed by atoms with E-state index in [9.17, 15) is 8.42 Å². The molecule has 0 radical (unpaired) electrons. The highest BCUT2D eigenvalue weighted by Crippen LogP contribution is 2.12. The minimum Gasteiger partial charge on any atom is -0.352 e. The lowest BCUT2D eigenvalue weighted by Gasteiger charge is -2.05. The number of aryl methyl sites for hydroxylation is 2. The largest absolute Gasteiger partial charge is 0.352 e. The van der Waals surface area contributed by atoms with Crippen molar-refractivity contribution < 1.29 is 8.42 Å². The molecular weight excluding hydrogens is 278 g/mol. The molecule has 110 valence electrons. The van der Waals surface area contributed by atoms with Gasteiger partial charge >= 0.3 is 0 Å². The van der Waals surface area contributed by atoms with Crippen LogP contribution < -0.4 is 10.5 Å². The van der Waals surface area contributed by atoms with Gasteiger partial charge in [-0.15, -0.1) is 0 Å². The van der Waals surface area contributed by atoms with Gasteiger partial charge in [-0.25, -0.2) is 18.1 Å². The molecule has 0 spiro atoms. The second-order valence-corrected chi connectivity index (χ2v) is 6.30. The summed E-state index contributed by atoms with van der Waals surface area (Å²) in [4.78, 5) is 4.18. The van der Waals surface area contributed by atoms with E-state index in [1.165, 1.54) is 0 Å². The second kappa shape index (κ2) is 6.21. The molecule has 8 heteroatoms. The number of hydrogen-bond donors (Lipinski definition) is 2. The van der Waals surface area contributed by atoms with Gasteiger partial charge in [0.25, 0.3) is 0 Å². The Morgan fingerprint density at radius 3 is 2.85 bits per heavy atom. The van der Waals surface area contributed by atoms with Crippen molar-refractivity contribution in [2.45, 2.75) is 24.4 Å². The van der Waals surface area contributed by atoms with Crippen LogP contribution in [-0.4, -0.2) is 29.1 Å². The van der Waals surface area contributed by atoms with Crippen molar-refractivity contribution in [2.75, 3.05) is 6.54 Å². The molecule has 2 aromatic heterocycles. The molecule has 0 aliphatic carbocycles. The third-order valence-electron chi connectivity index (χ3n) is 3.05. The lowest BCUT2D eigenvalue weighted by atomic mass is 10.4. The van der Waals surface area contributed by atoms with E-state index in [-0.39, 0.29) is 4.90 Å². The molecule has 3 N–H and O–H groups in total. The van der Waals surface area contributed by atoms with Crippen LogP contribution in [0.5, 0.6) is 0 Å². The van der Waals surface area contributed by atoms with Crippen molar-refractivity contribution in [3.05, 3.63) is 36.7 Å². The zero-order chi connectivity index (χ0) is 14.6. The average molecular weight is 297 g/mol. The van der Waals surface area contributed by atoms with E-state index >= 15 is 0 Å². The Labute approximate surface area is 118 Å². The fourth-order valence-corrected chi connectivity index (χ4v) is 3.07. The van der Waals surface area contributed by atoms with Crippen LogP contribution in [0.2, 0.25) is 0 Å². The van der Waals surface area contributed by atoms with Gasteiger partial charge in [0.15, 0.2) is 0 Å². The molecule has 0 amide bonds. The van der Waals surface area contributed by atoms with Gasteiger partial charge in [0.1, 0.15) is 0 Å². The predicted octanol–water partition coefficient (Wildman–Crippen LogP) is 0.0489. The predicted molar refractivity (Wildman–Crippen MR) is 75.3 cm³/mol. The Kier molecular flexibility index (Phi) is 4.58. The number of nitrogens with zero attached hydrogens (tertiary/aromatic N) is 3. The van der Waals surface area contributed by atoms with Crippen molar-refractivity contribution in [2.24, 2.45) is 12.8 Å². The lowest BCUT2D eigenvalue weighted by Crippen LogP contribution is -2.25. The number of aromatic nitrogens is 3. The number of imidazole rings is 1. The molecule has 2 rings (SSSR count). The smallest absolute Gasteiger partial charge is 0.242 e. The third-order valence-corrected chi connectivity index (χ3v) is 4.47. The number of nitrogens with one attached hydrogen (secondary N) is 1. The molecule has 0 bridgehead atoms. The van der Waals surface area contributed by atoms with E-state index in [1.807, 2.05) is 10.8 Å². The second-order valence-electron chi connectivity index (χ2n) is 4.53. The summed E-state index contributed by atoms with van der Waals surface area (Å²) in [5, 5.41) is 0. The van der Waals surface area contributed by atoms with Gasteiger partial charge in [-0.3, -0.25) is 0 Å². The summed E-state index contributed by atoms with van der Waals surface area (Å²) in [5.41, 5.74) is 6.32. The summed E-state index contributed by atoms with van der Waals surface area (Å²) in [7, 11) is -1.69. The highest BCUT2D eigenvalue weighted by molar-refractivity contribution is 7.89. The maximum atomic E-state index is 12.1. The highest BCUT2D eigenvalue weighted by Gasteiger charge is 2.16. The molecule has 0 saturated carbocycles. The normalized spacial score (nSPS) is 11.9. The number of nitrogens with two attached hydrogens (primary N) is 1. The zero-order valence-corrected chi connectivity index (χ0v) is 12.2. The van der Waals surface area contributed by atoms with Gasteiger partial charge in [0.05, 0.1) is 11.2 Å². The van der Waals surface area contributed by atoms with Gasteiger partial charge in [0.2, 0.25) is 10.0 Å². The Bertz CT molecular complexity index is 645. The first-order valence-corrected chi connectivity index (χ1v) is 7.82. The summed E-state index contributed by atoms with van der Waals surface area (Å²) < 4.78 is 30.4. The van der Waals surface area contributed by atoms with E-state index in [1.54, 1.807) is 36.4 Å². The lowest BCUT2D eigenvalue weighted by molar-refractivity contribution is 0.569. The first-order chi connectivity index (χ1) is 9.53. The van der Waals surface area contributed by atoms with Gasteiger partial charge in [-0.2, -0.15) is 0 Å². The summed E-state index contributed by atoms with van der Waals surface area (Å²) in [5.74, 6) is 0. The fraction of sp³-hybridized carbons (Fsp3) is 0.417. The Morgan fingerprint density at radius 2 is 2.25 bits per heavy atom. The van der Waals surface area contributed by atoms with E-state index in [0.29, 0.717) is 19.5 Å². The van der Waals surface area contributed by atoms with E-state index in [4.69, 9.17) is 5.73 Å². The van der Waals surface area contributed by atoms with Crippen LogP contribution in [0.25, 0.3) is 0 Å². The molecule has 0 aromatic carbocycles. The Balaban J connectivity index is 1.90. The van der Waals surface area contributed by atoms with Crippen LogP contribution in [0, 0.1) is 0 Å². The number of rotatable bonds is 7. The number of sulfonamides is 1. The van der Waals surface area contributed by atoms with Crippen molar-refractivity contribution in [3.8, 4) is 0 Å². The summed E-state index contributed by atoms with van der Waals surface area (Å²) in [6.07, 6.45) is 7.52. The van der Waals surface area contributed by atoms with Crippen LogP contribution in [0.4, 0.5) is 0 Å². The highest BCUT2D eigenvalue weighted by atomic mass is 32.2. The van der Waals surface area contributed by atoms with Gasteiger partial charge in [-0.05, 0) is 12.5 Å². The quantitative estimate of drug-likeness (QED) is 0.706. The van der Waals surface area contributed by atoms with Gasteiger partial charge in [-0.1, -0.05) is 0 Å². The standard InChI is InChI=1S/C12H19N5O2S/c1-16-9-12(7-11(16)8-13)20(18,19)15-3-2-5-17-6-4-14-10-17/h4,6-7,9-10,15H,2-3,5,8,13H2,1H3. The summed E-state index contributed by atoms with van der Waals surface area (Å²) in [6.45, 7) is 1.42. The Hall–Kier alpha value is -1.64. The van der Waals surface area contributed by atoms with Gasteiger partial charge < -0.3 is 14.9 Å². The maximum absolute atomic E-state index is 12.1. The minimum atomic E-state index is -3.46. The van der Waals surface area contributed by atoms with E-state index in [0.717, 1.165) is 12.2 Å². The van der Waals surface area contributed by atoms with Crippen LogP contribution in [0.3, 0.4) is 0 Å². The SMILES string of the molecule is Cn1cc(S(=O)(=O)NCCCn2ccnc2)cc1CN. The molecule has 0 unspecified atom stereocenters. The Morgan fingerprint density at radius 1 is 1.45 bits per heavy atom. The average Bonchev–Trinajstić information content (AvgIpc) is 3.04. The zero-order valence-electron chi connectivity index (χ0n) is 11.4. The fourth-order valence-electron chi connectivity index (χ4n) is 1.90.